The number of nitrogens with zero attached hydrogens (tertiary/aromatic N) is 1. The second-order valence-electron chi connectivity index (χ2n) is 7.45. The van der Waals surface area contributed by atoms with E-state index in [2.05, 4.69) is 54.6 Å². The Kier molecular flexibility index (Phi) is 4.90. The van der Waals surface area contributed by atoms with Crippen molar-refractivity contribution in [2.75, 3.05) is 6.54 Å². The van der Waals surface area contributed by atoms with E-state index in [-0.39, 0.29) is 5.54 Å². The van der Waals surface area contributed by atoms with Gasteiger partial charge in [0.25, 0.3) is 0 Å². The fourth-order valence-electron chi connectivity index (χ4n) is 3.33. The highest BCUT2D eigenvalue weighted by Crippen LogP contribution is 2.27. The van der Waals surface area contributed by atoms with Crippen LogP contribution in [0, 0.1) is 13.8 Å². The SMILES string of the molecule is Cc1cc2c(cc1C)CN(CCC(C)(N)CCc1ccsc1)C2. The topological polar surface area (TPSA) is 29.3 Å². The standard InChI is InChI=1S/C20H28N2S/c1-15-10-18-12-22(13-19(18)11-16(15)2)8-7-20(3,21)6-4-17-5-9-23-14-17/h5,9-11,14H,4,6-8,12-13,21H2,1-3H3. The van der Waals surface area contributed by atoms with Gasteiger partial charge in [-0.2, -0.15) is 11.3 Å². The van der Waals surface area contributed by atoms with Crippen LogP contribution in [0.25, 0.3) is 0 Å². The predicted molar refractivity (Wildman–Crippen MR) is 99.9 cm³/mol. The lowest BCUT2D eigenvalue weighted by Gasteiger charge is -2.27. The lowest BCUT2D eigenvalue weighted by molar-refractivity contribution is 0.244. The first-order valence-electron chi connectivity index (χ1n) is 8.54. The molecule has 2 aromatic rings. The van der Waals surface area contributed by atoms with Crippen molar-refractivity contribution in [3.8, 4) is 0 Å². The Morgan fingerprint density at radius 2 is 1.78 bits per heavy atom. The van der Waals surface area contributed by atoms with E-state index in [0.29, 0.717) is 0 Å². The highest BCUT2D eigenvalue weighted by Gasteiger charge is 2.24. The molecule has 1 aromatic carbocycles. The molecule has 0 spiro atoms. The predicted octanol–water partition coefficient (Wildman–Crippen LogP) is 4.42. The van der Waals surface area contributed by atoms with E-state index in [1.165, 1.54) is 27.8 Å². The van der Waals surface area contributed by atoms with Crippen LogP contribution in [0.1, 0.15) is 47.6 Å². The minimum absolute atomic E-state index is 0.0808. The zero-order valence-electron chi connectivity index (χ0n) is 14.6. The Labute approximate surface area is 144 Å². The minimum Gasteiger partial charge on any atom is -0.325 e. The summed E-state index contributed by atoms with van der Waals surface area (Å²) in [6, 6.07) is 6.94. The van der Waals surface area contributed by atoms with Gasteiger partial charge in [-0.1, -0.05) is 12.1 Å². The molecule has 1 aliphatic rings. The quantitative estimate of drug-likeness (QED) is 0.850. The van der Waals surface area contributed by atoms with Gasteiger partial charge in [0.05, 0.1) is 0 Å². The molecule has 0 saturated carbocycles. The summed E-state index contributed by atoms with van der Waals surface area (Å²) >= 11 is 1.77. The van der Waals surface area contributed by atoms with Gasteiger partial charge in [-0.25, -0.2) is 0 Å². The molecule has 1 aromatic heterocycles. The summed E-state index contributed by atoms with van der Waals surface area (Å²) in [4.78, 5) is 2.54. The monoisotopic (exact) mass is 328 g/mol. The summed E-state index contributed by atoms with van der Waals surface area (Å²) < 4.78 is 0. The highest BCUT2D eigenvalue weighted by atomic mass is 32.1. The zero-order valence-corrected chi connectivity index (χ0v) is 15.4. The molecular formula is C20H28N2S. The number of aryl methyl sites for hydroxylation is 3. The van der Waals surface area contributed by atoms with E-state index >= 15 is 0 Å². The highest BCUT2D eigenvalue weighted by molar-refractivity contribution is 7.07. The van der Waals surface area contributed by atoms with Crippen LogP contribution >= 0.6 is 11.3 Å². The van der Waals surface area contributed by atoms with E-state index in [1.54, 1.807) is 11.3 Å². The van der Waals surface area contributed by atoms with Gasteiger partial charge in [0.15, 0.2) is 0 Å². The lowest BCUT2D eigenvalue weighted by Crippen LogP contribution is -2.39. The van der Waals surface area contributed by atoms with Crippen LogP contribution < -0.4 is 5.73 Å². The summed E-state index contributed by atoms with van der Waals surface area (Å²) in [5.41, 5.74) is 13.7. The van der Waals surface area contributed by atoms with Gasteiger partial charge in [0, 0.05) is 25.2 Å². The zero-order chi connectivity index (χ0) is 16.4. The largest absolute Gasteiger partial charge is 0.325 e. The Morgan fingerprint density at radius 3 is 2.35 bits per heavy atom. The van der Waals surface area contributed by atoms with Crippen LogP contribution in [0.4, 0.5) is 0 Å². The number of thiophene rings is 1. The first-order chi connectivity index (χ1) is 10.9. The molecule has 1 aliphatic heterocycles. The minimum atomic E-state index is -0.0808. The Morgan fingerprint density at radius 1 is 1.13 bits per heavy atom. The summed E-state index contributed by atoms with van der Waals surface area (Å²) in [5, 5.41) is 4.38. The van der Waals surface area contributed by atoms with Crippen LogP contribution in [0.15, 0.2) is 29.0 Å². The Bertz CT molecular complexity index is 628. The summed E-state index contributed by atoms with van der Waals surface area (Å²) in [7, 11) is 0. The van der Waals surface area contributed by atoms with E-state index in [1.807, 2.05) is 0 Å². The molecule has 0 radical (unpaired) electrons. The van der Waals surface area contributed by atoms with Gasteiger partial charge in [0.2, 0.25) is 0 Å². The second kappa shape index (κ2) is 6.76. The van der Waals surface area contributed by atoms with Crippen LogP contribution in [0.3, 0.4) is 0 Å². The van der Waals surface area contributed by atoms with Crippen molar-refractivity contribution in [3.63, 3.8) is 0 Å². The third kappa shape index (κ3) is 4.23. The Balaban J connectivity index is 1.51. The van der Waals surface area contributed by atoms with Gasteiger partial charge in [-0.3, -0.25) is 4.90 Å². The lowest BCUT2D eigenvalue weighted by atomic mass is 9.91. The number of hydrogen-bond donors (Lipinski definition) is 1. The van der Waals surface area contributed by atoms with Crippen molar-refractivity contribution in [2.45, 2.75) is 58.7 Å². The third-order valence-electron chi connectivity index (χ3n) is 5.17. The van der Waals surface area contributed by atoms with Crippen molar-refractivity contribution in [3.05, 3.63) is 56.8 Å². The maximum absolute atomic E-state index is 6.54. The smallest absolute Gasteiger partial charge is 0.0240 e. The van der Waals surface area contributed by atoms with E-state index in [0.717, 1.165) is 38.9 Å². The second-order valence-corrected chi connectivity index (χ2v) is 8.23. The third-order valence-corrected chi connectivity index (χ3v) is 5.90. The van der Waals surface area contributed by atoms with Crippen molar-refractivity contribution in [1.82, 2.24) is 4.90 Å². The van der Waals surface area contributed by atoms with Gasteiger partial charge < -0.3 is 5.73 Å². The molecule has 0 saturated heterocycles. The molecule has 1 unspecified atom stereocenters. The maximum Gasteiger partial charge on any atom is 0.0240 e. The molecule has 2 heterocycles. The van der Waals surface area contributed by atoms with E-state index in [9.17, 15) is 0 Å². The normalized spacial score (nSPS) is 17.2. The number of rotatable bonds is 6. The molecule has 2 N–H and O–H groups in total. The molecular weight excluding hydrogens is 300 g/mol. The number of fused-ring (bicyclic) bond motifs is 1. The van der Waals surface area contributed by atoms with Gasteiger partial charge >= 0.3 is 0 Å². The number of nitrogens with two attached hydrogens (primary N) is 1. The maximum atomic E-state index is 6.54. The van der Waals surface area contributed by atoms with Crippen LogP contribution in [-0.2, 0) is 19.5 Å². The first-order valence-corrected chi connectivity index (χ1v) is 9.48. The molecule has 0 fully saturated rings. The Hall–Kier alpha value is -1.16. The molecule has 23 heavy (non-hydrogen) atoms. The van der Waals surface area contributed by atoms with Crippen LogP contribution in [0.5, 0.6) is 0 Å². The molecule has 3 heteroatoms. The van der Waals surface area contributed by atoms with E-state index < -0.39 is 0 Å². The van der Waals surface area contributed by atoms with Crippen LogP contribution in [-0.4, -0.2) is 17.0 Å². The fourth-order valence-corrected chi connectivity index (χ4v) is 4.03. The molecule has 124 valence electrons. The average Bonchev–Trinajstić information content (AvgIpc) is 3.13. The number of benzene rings is 1. The fraction of sp³-hybridized carbons (Fsp3) is 0.500. The van der Waals surface area contributed by atoms with Crippen molar-refractivity contribution in [2.24, 2.45) is 5.73 Å². The van der Waals surface area contributed by atoms with Crippen molar-refractivity contribution in [1.29, 1.82) is 0 Å². The van der Waals surface area contributed by atoms with Crippen LogP contribution in [0.2, 0.25) is 0 Å². The van der Waals surface area contributed by atoms with Gasteiger partial charge in [-0.05, 0) is 84.7 Å². The summed E-state index contributed by atoms with van der Waals surface area (Å²) in [6.45, 7) is 9.87. The molecule has 0 bridgehead atoms. The van der Waals surface area contributed by atoms with Gasteiger partial charge in [0.1, 0.15) is 0 Å². The summed E-state index contributed by atoms with van der Waals surface area (Å²) in [5.74, 6) is 0. The average molecular weight is 329 g/mol. The molecule has 0 amide bonds. The molecule has 1 atom stereocenters. The van der Waals surface area contributed by atoms with Crippen molar-refractivity contribution >= 4 is 11.3 Å². The van der Waals surface area contributed by atoms with Crippen molar-refractivity contribution < 1.29 is 0 Å². The van der Waals surface area contributed by atoms with E-state index in [4.69, 9.17) is 5.73 Å². The molecule has 2 nitrogen and oxygen atoms in total. The molecule has 0 aliphatic carbocycles. The number of hydrogen-bond acceptors (Lipinski definition) is 3. The molecule has 3 rings (SSSR count). The first kappa shape index (κ1) is 16.7. The summed E-state index contributed by atoms with van der Waals surface area (Å²) in [6.07, 6.45) is 3.21. The van der Waals surface area contributed by atoms with Gasteiger partial charge in [-0.15, -0.1) is 0 Å².